The zero-order valence-corrected chi connectivity index (χ0v) is 13.0. The summed E-state index contributed by atoms with van der Waals surface area (Å²) >= 11 is 0. The molecule has 0 aliphatic rings. The second kappa shape index (κ2) is 4.74. The Labute approximate surface area is 125 Å². The SMILES string of the molecule is Cc1cccc(-n2cc(C(C)(C)O)c3ccccc32)c1C. The van der Waals surface area contributed by atoms with E-state index in [0.29, 0.717) is 0 Å². The summed E-state index contributed by atoms with van der Waals surface area (Å²) in [5, 5.41) is 11.6. The summed E-state index contributed by atoms with van der Waals surface area (Å²) in [7, 11) is 0. The van der Waals surface area contributed by atoms with Gasteiger partial charge in [0.15, 0.2) is 0 Å². The van der Waals surface area contributed by atoms with E-state index < -0.39 is 5.60 Å². The average molecular weight is 279 g/mol. The van der Waals surface area contributed by atoms with Crippen molar-refractivity contribution in [3.05, 3.63) is 65.4 Å². The van der Waals surface area contributed by atoms with Crippen molar-refractivity contribution in [3.8, 4) is 5.69 Å². The number of hydrogen-bond donors (Lipinski definition) is 1. The highest BCUT2D eigenvalue weighted by atomic mass is 16.3. The smallest absolute Gasteiger partial charge is 0.0861 e. The lowest BCUT2D eigenvalue weighted by atomic mass is 9.98. The van der Waals surface area contributed by atoms with Gasteiger partial charge >= 0.3 is 0 Å². The number of nitrogens with zero attached hydrogens (tertiary/aromatic N) is 1. The van der Waals surface area contributed by atoms with Gasteiger partial charge in [-0.05, 0) is 51.0 Å². The second-order valence-corrected chi connectivity index (χ2v) is 6.21. The molecule has 2 heteroatoms. The third-order valence-corrected chi connectivity index (χ3v) is 4.21. The third kappa shape index (κ3) is 2.26. The second-order valence-electron chi connectivity index (χ2n) is 6.21. The maximum absolute atomic E-state index is 10.5. The van der Waals surface area contributed by atoms with Gasteiger partial charge < -0.3 is 9.67 Å². The Bertz CT molecular complexity index is 806. The van der Waals surface area contributed by atoms with E-state index in [4.69, 9.17) is 0 Å². The normalized spacial score (nSPS) is 12.0. The van der Waals surface area contributed by atoms with Gasteiger partial charge in [-0.15, -0.1) is 0 Å². The highest BCUT2D eigenvalue weighted by molar-refractivity contribution is 5.86. The molecule has 0 aliphatic carbocycles. The van der Waals surface area contributed by atoms with Gasteiger partial charge in [-0.2, -0.15) is 0 Å². The van der Waals surface area contributed by atoms with E-state index in [2.05, 4.69) is 54.9 Å². The molecule has 0 aliphatic heterocycles. The van der Waals surface area contributed by atoms with Crippen LogP contribution in [-0.4, -0.2) is 9.67 Å². The van der Waals surface area contributed by atoms with Crippen LogP contribution in [0.1, 0.15) is 30.5 Å². The molecule has 3 rings (SSSR count). The number of benzene rings is 2. The first-order valence-corrected chi connectivity index (χ1v) is 7.29. The van der Waals surface area contributed by atoms with Gasteiger partial charge in [0.1, 0.15) is 0 Å². The molecule has 0 saturated carbocycles. The van der Waals surface area contributed by atoms with E-state index in [1.807, 2.05) is 26.0 Å². The number of hydrogen-bond acceptors (Lipinski definition) is 1. The fourth-order valence-corrected chi connectivity index (χ4v) is 2.86. The van der Waals surface area contributed by atoms with E-state index in [1.165, 1.54) is 16.8 Å². The summed E-state index contributed by atoms with van der Waals surface area (Å²) in [6, 6.07) is 14.6. The Morgan fingerprint density at radius 1 is 0.952 bits per heavy atom. The molecular weight excluding hydrogens is 258 g/mol. The Morgan fingerprint density at radius 3 is 2.38 bits per heavy atom. The van der Waals surface area contributed by atoms with Gasteiger partial charge in [0.05, 0.1) is 11.1 Å². The third-order valence-electron chi connectivity index (χ3n) is 4.21. The standard InChI is InChI=1S/C19H21NO/c1-13-8-7-11-17(14(13)2)20-12-16(19(3,4)21)15-9-5-6-10-18(15)20/h5-12,21H,1-4H3. The number of rotatable bonds is 2. The molecule has 3 aromatic rings. The van der Waals surface area contributed by atoms with E-state index in [-0.39, 0.29) is 0 Å². The zero-order chi connectivity index (χ0) is 15.2. The Kier molecular flexibility index (Phi) is 3.14. The monoisotopic (exact) mass is 279 g/mol. The van der Waals surface area contributed by atoms with Crippen molar-refractivity contribution in [2.75, 3.05) is 0 Å². The van der Waals surface area contributed by atoms with Gasteiger partial charge in [0.25, 0.3) is 0 Å². The number of aryl methyl sites for hydroxylation is 1. The van der Waals surface area contributed by atoms with Crippen LogP contribution in [0.15, 0.2) is 48.7 Å². The van der Waals surface area contributed by atoms with Crippen molar-refractivity contribution in [2.45, 2.75) is 33.3 Å². The van der Waals surface area contributed by atoms with Gasteiger partial charge in [0.2, 0.25) is 0 Å². The van der Waals surface area contributed by atoms with E-state index in [1.54, 1.807) is 0 Å². The minimum atomic E-state index is -0.859. The van der Waals surface area contributed by atoms with Crippen LogP contribution >= 0.6 is 0 Å². The maximum atomic E-state index is 10.5. The van der Waals surface area contributed by atoms with Crippen molar-refractivity contribution in [2.24, 2.45) is 0 Å². The zero-order valence-electron chi connectivity index (χ0n) is 13.0. The Hall–Kier alpha value is -2.06. The molecule has 0 fully saturated rings. The number of aliphatic hydroxyl groups is 1. The Morgan fingerprint density at radius 2 is 1.67 bits per heavy atom. The van der Waals surface area contributed by atoms with E-state index >= 15 is 0 Å². The maximum Gasteiger partial charge on any atom is 0.0861 e. The summed E-state index contributed by atoms with van der Waals surface area (Å²) in [5.74, 6) is 0. The van der Waals surface area contributed by atoms with Crippen molar-refractivity contribution in [1.29, 1.82) is 0 Å². The van der Waals surface area contributed by atoms with Crippen LogP contribution in [0.4, 0.5) is 0 Å². The molecule has 0 spiro atoms. The van der Waals surface area contributed by atoms with E-state index in [9.17, 15) is 5.11 Å². The molecule has 2 aromatic carbocycles. The van der Waals surface area contributed by atoms with Gasteiger partial charge in [-0.3, -0.25) is 0 Å². The van der Waals surface area contributed by atoms with E-state index in [0.717, 1.165) is 16.5 Å². The van der Waals surface area contributed by atoms with Crippen LogP contribution in [-0.2, 0) is 5.60 Å². The lowest BCUT2D eigenvalue weighted by Gasteiger charge is -2.16. The molecule has 1 aromatic heterocycles. The molecule has 1 N–H and O–H groups in total. The fourth-order valence-electron chi connectivity index (χ4n) is 2.86. The fraction of sp³-hybridized carbons (Fsp3) is 0.263. The van der Waals surface area contributed by atoms with Gasteiger partial charge in [-0.1, -0.05) is 30.3 Å². The quantitative estimate of drug-likeness (QED) is 0.735. The van der Waals surface area contributed by atoms with Crippen molar-refractivity contribution < 1.29 is 5.11 Å². The number of para-hydroxylation sites is 1. The summed E-state index contributed by atoms with van der Waals surface area (Å²) in [6.45, 7) is 7.94. The van der Waals surface area contributed by atoms with Crippen LogP contribution in [0.2, 0.25) is 0 Å². The van der Waals surface area contributed by atoms with Crippen LogP contribution in [0, 0.1) is 13.8 Å². The van der Waals surface area contributed by atoms with Crippen LogP contribution < -0.4 is 0 Å². The molecule has 0 amide bonds. The average Bonchev–Trinajstić information content (AvgIpc) is 2.81. The molecule has 108 valence electrons. The van der Waals surface area contributed by atoms with Crippen molar-refractivity contribution >= 4 is 10.9 Å². The first-order valence-electron chi connectivity index (χ1n) is 7.29. The summed E-state index contributed by atoms with van der Waals surface area (Å²) in [5.41, 5.74) is 4.93. The first-order chi connectivity index (χ1) is 9.89. The summed E-state index contributed by atoms with van der Waals surface area (Å²) in [4.78, 5) is 0. The summed E-state index contributed by atoms with van der Waals surface area (Å²) < 4.78 is 2.19. The topological polar surface area (TPSA) is 25.2 Å². The lowest BCUT2D eigenvalue weighted by molar-refractivity contribution is 0.0801. The molecule has 2 nitrogen and oxygen atoms in total. The highest BCUT2D eigenvalue weighted by Crippen LogP contribution is 2.33. The minimum Gasteiger partial charge on any atom is -0.386 e. The predicted molar refractivity (Wildman–Crippen MR) is 88.0 cm³/mol. The predicted octanol–water partition coefficient (Wildman–Crippen LogP) is 4.47. The van der Waals surface area contributed by atoms with Crippen LogP contribution in [0.3, 0.4) is 0 Å². The minimum absolute atomic E-state index is 0.859. The molecule has 0 unspecified atom stereocenters. The molecule has 0 bridgehead atoms. The van der Waals surface area contributed by atoms with Crippen LogP contribution in [0.5, 0.6) is 0 Å². The molecule has 0 saturated heterocycles. The Balaban J connectivity index is 2.36. The number of fused-ring (bicyclic) bond motifs is 1. The molecule has 1 heterocycles. The van der Waals surface area contributed by atoms with Gasteiger partial charge in [-0.25, -0.2) is 0 Å². The largest absolute Gasteiger partial charge is 0.386 e. The molecule has 0 radical (unpaired) electrons. The lowest BCUT2D eigenvalue weighted by Crippen LogP contribution is -2.14. The molecular formula is C19H21NO. The summed E-state index contributed by atoms with van der Waals surface area (Å²) in [6.07, 6.45) is 2.06. The molecule has 0 atom stereocenters. The van der Waals surface area contributed by atoms with Crippen LogP contribution in [0.25, 0.3) is 16.6 Å². The van der Waals surface area contributed by atoms with Crippen molar-refractivity contribution in [3.63, 3.8) is 0 Å². The first kappa shape index (κ1) is 13.9. The van der Waals surface area contributed by atoms with Crippen molar-refractivity contribution in [1.82, 2.24) is 4.57 Å². The number of aromatic nitrogens is 1. The highest BCUT2D eigenvalue weighted by Gasteiger charge is 2.22. The van der Waals surface area contributed by atoms with Gasteiger partial charge in [0, 0.05) is 22.8 Å². The molecule has 21 heavy (non-hydrogen) atoms.